The van der Waals surface area contributed by atoms with Crippen LogP contribution in [0.1, 0.15) is 16.8 Å². The SMILES string of the molecule is Cc1ccc(CNCc2ccccn2)cc1.Cl.Cl. The van der Waals surface area contributed by atoms with Crippen molar-refractivity contribution in [2.24, 2.45) is 0 Å². The first-order valence-electron chi connectivity index (χ1n) is 5.51. The van der Waals surface area contributed by atoms with Crippen LogP contribution in [0.2, 0.25) is 0 Å². The van der Waals surface area contributed by atoms with Crippen LogP contribution < -0.4 is 5.32 Å². The van der Waals surface area contributed by atoms with Gasteiger partial charge in [-0.2, -0.15) is 0 Å². The standard InChI is InChI=1S/C14H16N2.2ClH/c1-12-5-7-13(8-6-12)10-15-11-14-4-2-3-9-16-14;;/h2-9,15H,10-11H2,1H3;2*1H. The lowest BCUT2D eigenvalue weighted by atomic mass is 10.1. The molecule has 2 aromatic rings. The first-order valence-corrected chi connectivity index (χ1v) is 5.51. The van der Waals surface area contributed by atoms with E-state index in [1.54, 1.807) is 0 Å². The molecule has 0 unspecified atom stereocenters. The van der Waals surface area contributed by atoms with Gasteiger partial charge in [0.05, 0.1) is 5.69 Å². The fourth-order valence-electron chi connectivity index (χ4n) is 1.54. The fourth-order valence-corrected chi connectivity index (χ4v) is 1.54. The van der Waals surface area contributed by atoms with Crippen molar-refractivity contribution in [3.63, 3.8) is 0 Å². The first-order chi connectivity index (χ1) is 7.84. The average molecular weight is 285 g/mol. The molecule has 4 heteroatoms. The molecule has 0 atom stereocenters. The van der Waals surface area contributed by atoms with Gasteiger partial charge in [0.2, 0.25) is 0 Å². The van der Waals surface area contributed by atoms with E-state index in [-0.39, 0.29) is 24.8 Å². The van der Waals surface area contributed by atoms with Gasteiger partial charge in [0.25, 0.3) is 0 Å². The zero-order valence-electron chi connectivity index (χ0n) is 10.3. The lowest BCUT2D eigenvalue weighted by Gasteiger charge is -2.04. The van der Waals surface area contributed by atoms with Crippen LogP contribution in [-0.4, -0.2) is 4.98 Å². The molecule has 1 aromatic heterocycles. The Balaban J connectivity index is 0.00000144. The zero-order valence-corrected chi connectivity index (χ0v) is 11.9. The highest BCUT2D eigenvalue weighted by Gasteiger charge is 1.94. The maximum absolute atomic E-state index is 4.26. The third-order valence-corrected chi connectivity index (χ3v) is 2.48. The van der Waals surface area contributed by atoms with E-state index in [9.17, 15) is 0 Å². The predicted octanol–water partition coefficient (Wildman–Crippen LogP) is 3.52. The Hall–Kier alpha value is -1.09. The lowest BCUT2D eigenvalue weighted by molar-refractivity contribution is 0.679. The van der Waals surface area contributed by atoms with Gasteiger partial charge in [-0.3, -0.25) is 4.98 Å². The highest BCUT2D eigenvalue weighted by molar-refractivity contribution is 5.85. The summed E-state index contributed by atoms with van der Waals surface area (Å²) >= 11 is 0. The Kier molecular flexibility index (Phi) is 8.38. The molecule has 2 nitrogen and oxygen atoms in total. The van der Waals surface area contributed by atoms with Crippen LogP contribution in [0.3, 0.4) is 0 Å². The van der Waals surface area contributed by atoms with Crippen molar-refractivity contribution >= 4 is 24.8 Å². The Morgan fingerprint density at radius 2 is 1.67 bits per heavy atom. The summed E-state index contributed by atoms with van der Waals surface area (Å²) in [5, 5.41) is 3.37. The summed E-state index contributed by atoms with van der Waals surface area (Å²) in [6.45, 7) is 3.80. The molecule has 98 valence electrons. The minimum Gasteiger partial charge on any atom is -0.307 e. The second-order valence-corrected chi connectivity index (χ2v) is 3.91. The summed E-state index contributed by atoms with van der Waals surface area (Å²) in [6, 6.07) is 14.6. The number of aryl methyl sites for hydroxylation is 1. The van der Waals surface area contributed by atoms with Crippen molar-refractivity contribution in [1.82, 2.24) is 10.3 Å². The van der Waals surface area contributed by atoms with E-state index in [1.165, 1.54) is 11.1 Å². The smallest absolute Gasteiger partial charge is 0.0541 e. The van der Waals surface area contributed by atoms with Crippen LogP contribution in [0, 0.1) is 6.92 Å². The molecule has 0 aliphatic carbocycles. The summed E-state index contributed by atoms with van der Waals surface area (Å²) < 4.78 is 0. The van der Waals surface area contributed by atoms with Crippen LogP contribution in [0.5, 0.6) is 0 Å². The quantitative estimate of drug-likeness (QED) is 0.929. The third-order valence-electron chi connectivity index (χ3n) is 2.48. The fraction of sp³-hybridized carbons (Fsp3) is 0.214. The molecule has 0 saturated heterocycles. The Morgan fingerprint density at radius 3 is 2.28 bits per heavy atom. The normalized spacial score (nSPS) is 9.17. The van der Waals surface area contributed by atoms with Gasteiger partial charge >= 0.3 is 0 Å². The molecule has 0 spiro atoms. The van der Waals surface area contributed by atoms with Crippen molar-refractivity contribution in [2.75, 3.05) is 0 Å². The van der Waals surface area contributed by atoms with E-state index in [1.807, 2.05) is 24.4 Å². The number of rotatable bonds is 4. The summed E-state index contributed by atoms with van der Waals surface area (Å²) in [5.74, 6) is 0. The van der Waals surface area contributed by atoms with Crippen molar-refractivity contribution in [2.45, 2.75) is 20.0 Å². The molecule has 0 aliphatic rings. The minimum absolute atomic E-state index is 0. The molecule has 1 aromatic carbocycles. The zero-order chi connectivity index (χ0) is 11.2. The second-order valence-electron chi connectivity index (χ2n) is 3.91. The monoisotopic (exact) mass is 284 g/mol. The topological polar surface area (TPSA) is 24.9 Å². The molecule has 1 N–H and O–H groups in total. The highest BCUT2D eigenvalue weighted by Crippen LogP contribution is 2.02. The molecule has 0 amide bonds. The molecular formula is C14H18Cl2N2. The van der Waals surface area contributed by atoms with Crippen molar-refractivity contribution in [3.05, 3.63) is 65.5 Å². The minimum atomic E-state index is 0. The molecule has 1 heterocycles. The Bertz CT molecular complexity index is 429. The van der Waals surface area contributed by atoms with Gasteiger partial charge in [0.15, 0.2) is 0 Å². The summed E-state index contributed by atoms with van der Waals surface area (Å²) in [5.41, 5.74) is 3.68. The second kappa shape index (κ2) is 8.92. The van der Waals surface area contributed by atoms with Crippen LogP contribution in [-0.2, 0) is 13.1 Å². The highest BCUT2D eigenvalue weighted by atomic mass is 35.5. The molecule has 0 bridgehead atoms. The predicted molar refractivity (Wildman–Crippen MR) is 80.5 cm³/mol. The summed E-state index contributed by atoms with van der Waals surface area (Å²) in [4.78, 5) is 4.26. The van der Waals surface area contributed by atoms with Gasteiger partial charge in [-0.15, -0.1) is 24.8 Å². The molecule has 0 radical (unpaired) electrons. The van der Waals surface area contributed by atoms with Crippen LogP contribution in [0.4, 0.5) is 0 Å². The first kappa shape index (κ1) is 16.9. The Morgan fingerprint density at radius 1 is 0.944 bits per heavy atom. The van der Waals surface area contributed by atoms with Gasteiger partial charge in [0.1, 0.15) is 0 Å². The number of pyridine rings is 1. The van der Waals surface area contributed by atoms with E-state index < -0.39 is 0 Å². The largest absolute Gasteiger partial charge is 0.307 e. The van der Waals surface area contributed by atoms with E-state index in [0.717, 1.165) is 18.8 Å². The van der Waals surface area contributed by atoms with Gasteiger partial charge in [-0.25, -0.2) is 0 Å². The van der Waals surface area contributed by atoms with Gasteiger partial charge in [-0.05, 0) is 24.6 Å². The van der Waals surface area contributed by atoms with Gasteiger partial charge in [-0.1, -0.05) is 35.9 Å². The van der Waals surface area contributed by atoms with E-state index in [2.05, 4.69) is 41.5 Å². The number of halogens is 2. The summed E-state index contributed by atoms with van der Waals surface area (Å²) in [7, 11) is 0. The number of nitrogens with zero attached hydrogens (tertiary/aromatic N) is 1. The van der Waals surface area contributed by atoms with Crippen LogP contribution >= 0.6 is 24.8 Å². The van der Waals surface area contributed by atoms with Gasteiger partial charge < -0.3 is 5.32 Å². The van der Waals surface area contributed by atoms with E-state index >= 15 is 0 Å². The van der Waals surface area contributed by atoms with Gasteiger partial charge in [0, 0.05) is 19.3 Å². The summed E-state index contributed by atoms with van der Waals surface area (Å²) in [6.07, 6.45) is 1.82. The lowest BCUT2D eigenvalue weighted by Crippen LogP contribution is -2.13. The third kappa shape index (κ3) is 5.50. The van der Waals surface area contributed by atoms with E-state index in [4.69, 9.17) is 0 Å². The van der Waals surface area contributed by atoms with Crippen LogP contribution in [0.25, 0.3) is 0 Å². The maximum atomic E-state index is 4.26. The maximum Gasteiger partial charge on any atom is 0.0541 e. The number of hydrogen-bond donors (Lipinski definition) is 1. The van der Waals surface area contributed by atoms with Crippen LogP contribution in [0.15, 0.2) is 48.7 Å². The van der Waals surface area contributed by atoms with Crippen molar-refractivity contribution in [3.8, 4) is 0 Å². The molecule has 0 fully saturated rings. The number of aromatic nitrogens is 1. The Labute approximate surface area is 121 Å². The molecule has 2 rings (SSSR count). The van der Waals surface area contributed by atoms with E-state index in [0.29, 0.717) is 0 Å². The molecule has 0 aliphatic heterocycles. The number of hydrogen-bond acceptors (Lipinski definition) is 2. The molecule has 0 saturated carbocycles. The average Bonchev–Trinajstić information content (AvgIpc) is 2.33. The molecule has 18 heavy (non-hydrogen) atoms. The number of nitrogens with one attached hydrogen (secondary N) is 1. The van der Waals surface area contributed by atoms with Crippen molar-refractivity contribution in [1.29, 1.82) is 0 Å². The van der Waals surface area contributed by atoms with Crippen molar-refractivity contribution < 1.29 is 0 Å². The molecular weight excluding hydrogens is 267 g/mol. The number of benzene rings is 1.